The normalized spacial score (nSPS) is 25.7. The molecule has 0 atom stereocenters. The first-order chi connectivity index (χ1) is 19.6. The van der Waals surface area contributed by atoms with Gasteiger partial charge >= 0.3 is 0 Å². The Kier molecular flexibility index (Phi) is 8.25. The zero-order valence-electron chi connectivity index (χ0n) is 24.3. The molecule has 3 aromatic rings. The number of aliphatic hydroxyl groups is 1. The predicted octanol–water partition coefficient (Wildman–Crippen LogP) is 5.27. The van der Waals surface area contributed by atoms with E-state index in [1.807, 2.05) is 79.4 Å². The third-order valence-corrected chi connectivity index (χ3v) is 8.75. The molecule has 0 saturated heterocycles. The van der Waals surface area contributed by atoms with Crippen molar-refractivity contribution in [1.29, 1.82) is 0 Å². The standard InChI is InChI=1S/C33H41N5O3/c1-4-38(22(2)39)27-16-10-23(11-17-27)18-30(40)35-29-19-28(24-8-6-5-7-9-24)31(37-36-29)25-12-14-26(15-13-25)33(34)20-32(3,41)21-33/h5-9,12-15,19,23,27,41H,4,10-11,16-18,20-21,34H2,1-3H3,(H,35,36,40)/t23?,27?,32-,33-. The third-order valence-electron chi connectivity index (χ3n) is 8.75. The minimum absolute atomic E-state index is 0.0672. The van der Waals surface area contributed by atoms with Crippen molar-refractivity contribution in [3.63, 3.8) is 0 Å². The molecule has 0 spiro atoms. The summed E-state index contributed by atoms with van der Waals surface area (Å²) in [6.07, 6.45) is 5.21. The zero-order valence-corrected chi connectivity index (χ0v) is 24.3. The van der Waals surface area contributed by atoms with E-state index < -0.39 is 11.1 Å². The molecule has 1 aromatic heterocycles. The molecule has 4 N–H and O–H groups in total. The molecule has 2 aromatic carbocycles. The average Bonchev–Trinajstić information content (AvgIpc) is 2.93. The second-order valence-corrected chi connectivity index (χ2v) is 12.2. The van der Waals surface area contributed by atoms with Crippen LogP contribution in [0, 0.1) is 5.92 Å². The number of hydrogen-bond donors (Lipinski definition) is 3. The maximum absolute atomic E-state index is 13.0. The molecule has 0 radical (unpaired) electrons. The SMILES string of the molecule is CCN(C(C)=O)C1CCC(CC(=O)Nc2cc(-c3ccccc3)c(-c3ccc([C@]4(N)C[C@](C)(O)C4)cc3)nn2)CC1. The fourth-order valence-corrected chi connectivity index (χ4v) is 6.83. The Balaban J connectivity index is 1.29. The molecule has 2 fully saturated rings. The Labute approximate surface area is 242 Å². The summed E-state index contributed by atoms with van der Waals surface area (Å²) in [5.74, 6) is 0.773. The summed E-state index contributed by atoms with van der Waals surface area (Å²) in [4.78, 5) is 26.9. The molecule has 2 aliphatic rings. The van der Waals surface area contributed by atoms with Gasteiger partial charge in [-0.3, -0.25) is 9.59 Å². The Morgan fingerprint density at radius 3 is 2.24 bits per heavy atom. The van der Waals surface area contributed by atoms with Crippen molar-refractivity contribution in [3.8, 4) is 22.4 Å². The quantitative estimate of drug-likeness (QED) is 0.348. The van der Waals surface area contributed by atoms with E-state index in [0.29, 0.717) is 31.0 Å². The number of rotatable bonds is 8. The van der Waals surface area contributed by atoms with E-state index in [-0.39, 0.29) is 17.9 Å². The van der Waals surface area contributed by atoms with Crippen molar-refractivity contribution in [2.24, 2.45) is 11.7 Å². The van der Waals surface area contributed by atoms with E-state index in [0.717, 1.165) is 60.2 Å². The van der Waals surface area contributed by atoms with Crippen molar-refractivity contribution < 1.29 is 14.7 Å². The second-order valence-electron chi connectivity index (χ2n) is 12.2. The molecule has 1 heterocycles. The summed E-state index contributed by atoms with van der Waals surface area (Å²) in [5, 5.41) is 22.1. The minimum Gasteiger partial charge on any atom is -0.390 e. The molecular formula is C33H41N5O3. The van der Waals surface area contributed by atoms with Gasteiger partial charge in [0.05, 0.1) is 5.60 Å². The number of nitrogens with one attached hydrogen (secondary N) is 1. The Bertz CT molecular complexity index is 1370. The van der Waals surface area contributed by atoms with Crippen LogP contribution < -0.4 is 11.1 Å². The van der Waals surface area contributed by atoms with Crippen molar-refractivity contribution in [2.75, 3.05) is 11.9 Å². The number of aromatic nitrogens is 2. The average molecular weight is 556 g/mol. The highest BCUT2D eigenvalue weighted by Gasteiger charge is 2.49. The van der Waals surface area contributed by atoms with Gasteiger partial charge in [0, 0.05) is 42.6 Å². The Morgan fingerprint density at radius 1 is 1.00 bits per heavy atom. The smallest absolute Gasteiger partial charge is 0.225 e. The number of benzene rings is 2. The maximum Gasteiger partial charge on any atom is 0.225 e. The van der Waals surface area contributed by atoms with Crippen LogP contribution in [0.4, 0.5) is 5.82 Å². The van der Waals surface area contributed by atoms with Crippen LogP contribution in [0.5, 0.6) is 0 Å². The number of carbonyl (C=O) groups excluding carboxylic acids is 2. The molecule has 2 amide bonds. The van der Waals surface area contributed by atoms with Gasteiger partial charge in [0.1, 0.15) is 5.69 Å². The van der Waals surface area contributed by atoms with E-state index in [9.17, 15) is 14.7 Å². The van der Waals surface area contributed by atoms with Gasteiger partial charge in [-0.2, -0.15) is 0 Å². The van der Waals surface area contributed by atoms with Crippen molar-refractivity contribution >= 4 is 17.6 Å². The van der Waals surface area contributed by atoms with Gasteiger partial charge < -0.3 is 21.1 Å². The van der Waals surface area contributed by atoms with Gasteiger partial charge in [-0.1, -0.05) is 54.6 Å². The van der Waals surface area contributed by atoms with Crippen LogP contribution in [0.25, 0.3) is 22.4 Å². The number of carbonyl (C=O) groups is 2. The van der Waals surface area contributed by atoms with Crippen LogP contribution in [0.15, 0.2) is 60.7 Å². The van der Waals surface area contributed by atoms with E-state index in [4.69, 9.17) is 5.73 Å². The number of hydrogen-bond acceptors (Lipinski definition) is 6. The molecule has 8 nitrogen and oxygen atoms in total. The predicted molar refractivity (Wildman–Crippen MR) is 161 cm³/mol. The summed E-state index contributed by atoms with van der Waals surface area (Å²) in [7, 11) is 0. The molecule has 0 aliphatic heterocycles. The van der Waals surface area contributed by atoms with Crippen molar-refractivity contribution in [3.05, 3.63) is 66.2 Å². The lowest BCUT2D eigenvalue weighted by atomic mass is 9.63. The van der Waals surface area contributed by atoms with Crippen LogP contribution in [-0.2, 0) is 15.1 Å². The van der Waals surface area contributed by atoms with Crippen molar-refractivity contribution in [1.82, 2.24) is 15.1 Å². The van der Waals surface area contributed by atoms with Crippen LogP contribution in [0.3, 0.4) is 0 Å². The first kappa shape index (κ1) is 28.9. The molecule has 2 saturated carbocycles. The van der Waals surface area contributed by atoms with Crippen LogP contribution in [0.2, 0.25) is 0 Å². The summed E-state index contributed by atoms with van der Waals surface area (Å²) >= 11 is 0. The monoisotopic (exact) mass is 555 g/mol. The largest absolute Gasteiger partial charge is 0.390 e. The van der Waals surface area contributed by atoms with Crippen LogP contribution >= 0.6 is 0 Å². The molecule has 0 bridgehead atoms. The summed E-state index contributed by atoms with van der Waals surface area (Å²) in [6.45, 7) is 6.19. The highest BCUT2D eigenvalue weighted by molar-refractivity contribution is 5.91. The fourth-order valence-electron chi connectivity index (χ4n) is 6.83. The summed E-state index contributed by atoms with van der Waals surface area (Å²) in [6, 6.07) is 20.1. The topological polar surface area (TPSA) is 121 Å². The molecule has 8 heteroatoms. The fraction of sp³-hybridized carbons (Fsp3) is 0.455. The first-order valence-corrected chi connectivity index (χ1v) is 14.7. The lowest BCUT2D eigenvalue weighted by Crippen LogP contribution is -2.58. The van der Waals surface area contributed by atoms with Crippen LogP contribution in [-0.4, -0.2) is 50.2 Å². The lowest BCUT2D eigenvalue weighted by molar-refractivity contribution is -0.132. The number of nitrogens with zero attached hydrogens (tertiary/aromatic N) is 3. The second kappa shape index (κ2) is 11.7. The third kappa shape index (κ3) is 6.49. The highest BCUT2D eigenvalue weighted by atomic mass is 16.3. The Morgan fingerprint density at radius 2 is 1.66 bits per heavy atom. The molecule has 41 heavy (non-hydrogen) atoms. The van der Waals surface area contributed by atoms with Gasteiger partial charge in [-0.05, 0) is 75.5 Å². The molecule has 2 aliphatic carbocycles. The number of anilines is 1. The first-order valence-electron chi connectivity index (χ1n) is 14.7. The number of amides is 2. The molecule has 216 valence electrons. The van der Waals surface area contributed by atoms with E-state index in [1.165, 1.54) is 0 Å². The summed E-state index contributed by atoms with van der Waals surface area (Å²) < 4.78 is 0. The van der Waals surface area contributed by atoms with Gasteiger partial charge in [0.25, 0.3) is 0 Å². The Hall–Kier alpha value is -3.62. The summed E-state index contributed by atoms with van der Waals surface area (Å²) in [5.41, 5.74) is 9.76. The van der Waals surface area contributed by atoms with Gasteiger partial charge in [-0.15, -0.1) is 10.2 Å². The van der Waals surface area contributed by atoms with E-state index in [1.54, 1.807) is 6.92 Å². The van der Waals surface area contributed by atoms with Gasteiger partial charge in [0.15, 0.2) is 5.82 Å². The van der Waals surface area contributed by atoms with Gasteiger partial charge in [-0.25, -0.2) is 0 Å². The maximum atomic E-state index is 13.0. The van der Waals surface area contributed by atoms with Crippen LogP contribution in [0.1, 0.15) is 71.3 Å². The zero-order chi connectivity index (χ0) is 29.2. The van der Waals surface area contributed by atoms with E-state index >= 15 is 0 Å². The van der Waals surface area contributed by atoms with Gasteiger partial charge in [0.2, 0.25) is 11.8 Å². The molecule has 5 rings (SSSR count). The van der Waals surface area contributed by atoms with E-state index in [2.05, 4.69) is 15.5 Å². The van der Waals surface area contributed by atoms with Crippen molar-refractivity contribution in [2.45, 2.75) is 82.9 Å². The minimum atomic E-state index is -0.717. The molecule has 0 unspecified atom stereocenters. The number of nitrogens with two attached hydrogens (primary N) is 1. The highest BCUT2D eigenvalue weighted by Crippen LogP contribution is 2.46. The molecular weight excluding hydrogens is 514 g/mol. The lowest BCUT2D eigenvalue weighted by Gasteiger charge is -2.49.